The van der Waals surface area contributed by atoms with Crippen LogP contribution in [0.3, 0.4) is 0 Å². The van der Waals surface area contributed by atoms with E-state index in [4.69, 9.17) is 0 Å². The van der Waals surface area contributed by atoms with Crippen molar-refractivity contribution in [2.75, 3.05) is 19.6 Å². The molecule has 94 valence electrons. The van der Waals surface area contributed by atoms with Gasteiger partial charge >= 0.3 is 0 Å². The number of nitrogens with zero attached hydrogens (tertiary/aromatic N) is 1. The Hall–Kier alpha value is -0.0800. The van der Waals surface area contributed by atoms with E-state index in [2.05, 4.69) is 31.0 Å². The van der Waals surface area contributed by atoms with Crippen LogP contribution < -0.4 is 5.32 Å². The van der Waals surface area contributed by atoms with Crippen LogP contribution in [0.5, 0.6) is 0 Å². The maximum absolute atomic E-state index is 3.67. The summed E-state index contributed by atoms with van der Waals surface area (Å²) in [7, 11) is 0. The van der Waals surface area contributed by atoms with Crippen LogP contribution in [-0.4, -0.2) is 36.6 Å². The predicted octanol–water partition coefficient (Wildman–Crippen LogP) is 2.64. The third kappa shape index (κ3) is 3.21. The molecule has 2 atom stereocenters. The first kappa shape index (κ1) is 12.4. The zero-order chi connectivity index (χ0) is 11.6. The third-order valence-corrected chi connectivity index (χ3v) is 4.37. The molecule has 2 heterocycles. The highest BCUT2D eigenvalue weighted by Gasteiger charge is 2.32. The molecule has 2 nitrogen and oxygen atoms in total. The summed E-state index contributed by atoms with van der Waals surface area (Å²) in [5.41, 5.74) is 0.550. The molecule has 0 bridgehead atoms. The first-order chi connectivity index (χ1) is 7.57. The molecule has 2 aliphatic rings. The molecule has 0 aromatic carbocycles. The van der Waals surface area contributed by atoms with Gasteiger partial charge in [-0.05, 0) is 51.1 Å². The highest BCUT2D eigenvalue weighted by molar-refractivity contribution is 4.87. The Morgan fingerprint density at radius 1 is 1.38 bits per heavy atom. The van der Waals surface area contributed by atoms with E-state index in [9.17, 15) is 0 Å². The molecule has 0 saturated carbocycles. The average Bonchev–Trinajstić information content (AvgIpc) is 2.60. The number of hydrogen-bond donors (Lipinski definition) is 1. The molecule has 0 radical (unpaired) electrons. The normalized spacial score (nSPS) is 32.8. The summed E-state index contributed by atoms with van der Waals surface area (Å²) in [5.74, 6) is 0. The fourth-order valence-corrected chi connectivity index (χ4v) is 3.22. The van der Waals surface area contributed by atoms with E-state index < -0.39 is 0 Å². The summed E-state index contributed by atoms with van der Waals surface area (Å²) in [6.45, 7) is 11.1. The minimum atomic E-state index is 0.550. The topological polar surface area (TPSA) is 15.3 Å². The maximum atomic E-state index is 3.67. The Balaban J connectivity index is 1.77. The Bertz CT molecular complexity index is 219. The molecule has 0 aromatic heterocycles. The summed E-state index contributed by atoms with van der Waals surface area (Å²) in [6, 6.07) is 1.55. The van der Waals surface area contributed by atoms with E-state index in [0.29, 0.717) is 5.41 Å². The molecular formula is C14H28N2. The lowest BCUT2D eigenvalue weighted by Gasteiger charge is -2.31. The summed E-state index contributed by atoms with van der Waals surface area (Å²) >= 11 is 0. The Morgan fingerprint density at radius 2 is 2.19 bits per heavy atom. The second-order valence-electron chi connectivity index (χ2n) is 6.62. The van der Waals surface area contributed by atoms with Crippen molar-refractivity contribution in [2.24, 2.45) is 5.41 Å². The van der Waals surface area contributed by atoms with Gasteiger partial charge in [0.05, 0.1) is 0 Å². The van der Waals surface area contributed by atoms with Crippen molar-refractivity contribution >= 4 is 0 Å². The third-order valence-electron chi connectivity index (χ3n) is 4.37. The Labute approximate surface area is 101 Å². The summed E-state index contributed by atoms with van der Waals surface area (Å²) in [6.07, 6.45) is 6.91. The number of hydrogen-bond acceptors (Lipinski definition) is 2. The highest BCUT2D eigenvalue weighted by Crippen LogP contribution is 2.31. The molecule has 2 fully saturated rings. The smallest absolute Gasteiger partial charge is 0.00819 e. The van der Waals surface area contributed by atoms with Gasteiger partial charge in [-0.3, -0.25) is 0 Å². The van der Waals surface area contributed by atoms with Gasteiger partial charge in [-0.25, -0.2) is 0 Å². The maximum Gasteiger partial charge on any atom is 0.00819 e. The van der Waals surface area contributed by atoms with Crippen LogP contribution in [0.4, 0.5) is 0 Å². The van der Waals surface area contributed by atoms with E-state index in [-0.39, 0.29) is 0 Å². The molecule has 16 heavy (non-hydrogen) atoms. The van der Waals surface area contributed by atoms with Crippen LogP contribution in [-0.2, 0) is 0 Å². The van der Waals surface area contributed by atoms with Gasteiger partial charge in [-0.15, -0.1) is 0 Å². The molecule has 0 aliphatic carbocycles. The van der Waals surface area contributed by atoms with Gasteiger partial charge in [0.1, 0.15) is 0 Å². The molecule has 0 amide bonds. The number of rotatable bonds is 3. The van der Waals surface area contributed by atoms with Crippen molar-refractivity contribution in [3.8, 4) is 0 Å². The zero-order valence-corrected chi connectivity index (χ0v) is 11.3. The van der Waals surface area contributed by atoms with Crippen LogP contribution in [0.25, 0.3) is 0 Å². The van der Waals surface area contributed by atoms with Gasteiger partial charge in [0.25, 0.3) is 0 Å². The standard InChI is InChI=1S/C14H28N2/c1-12(10-13-6-4-5-8-15-13)16-9-7-14(2,3)11-16/h12-13,15H,4-11H2,1-3H3. The van der Waals surface area contributed by atoms with Gasteiger partial charge in [0.2, 0.25) is 0 Å². The number of piperidine rings is 1. The Kier molecular flexibility index (Phi) is 3.91. The van der Waals surface area contributed by atoms with Crippen molar-refractivity contribution in [1.29, 1.82) is 0 Å². The summed E-state index contributed by atoms with van der Waals surface area (Å²) in [5, 5.41) is 3.67. The molecule has 0 aromatic rings. The van der Waals surface area contributed by atoms with Crippen molar-refractivity contribution in [2.45, 2.75) is 65.0 Å². The fourth-order valence-electron chi connectivity index (χ4n) is 3.22. The highest BCUT2D eigenvalue weighted by atomic mass is 15.2. The van der Waals surface area contributed by atoms with Crippen molar-refractivity contribution in [3.05, 3.63) is 0 Å². The van der Waals surface area contributed by atoms with Gasteiger partial charge in [0.15, 0.2) is 0 Å². The van der Waals surface area contributed by atoms with E-state index in [1.54, 1.807) is 0 Å². The van der Waals surface area contributed by atoms with Crippen LogP contribution in [0.15, 0.2) is 0 Å². The van der Waals surface area contributed by atoms with Gasteiger partial charge in [0, 0.05) is 18.6 Å². The van der Waals surface area contributed by atoms with Crippen molar-refractivity contribution in [3.63, 3.8) is 0 Å². The summed E-state index contributed by atoms with van der Waals surface area (Å²) < 4.78 is 0. The average molecular weight is 224 g/mol. The van der Waals surface area contributed by atoms with Crippen LogP contribution in [0, 0.1) is 5.41 Å². The Morgan fingerprint density at radius 3 is 2.75 bits per heavy atom. The lowest BCUT2D eigenvalue weighted by molar-refractivity contribution is 0.197. The molecule has 2 aliphatic heterocycles. The van der Waals surface area contributed by atoms with E-state index in [1.807, 2.05) is 0 Å². The second kappa shape index (κ2) is 5.05. The van der Waals surface area contributed by atoms with Crippen LogP contribution in [0.1, 0.15) is 52.9 Å². The van der Waals surface area contributed by atoms with Crippen molar-refractivity contribution < 1.29 is 0 Å². The quantitative estimate of drug-likeness (QED) is 0.793. The van der Waals surface area contributed by atoms with E-state index >= 15 is 0 Å². The lowest BCUT2D eigenvalue weighted by atomic mass is 9.93. The van der Waals surface area contributed by atoms with Gasteiger partial charge < -0.3 is 10.2 Å². The fraction of sp³-hybridized carbons (Fsp3) is 1.00. The van der Waals surface area contributed by atoms with Crippen LogP contribution >= 0.6 is 0 Å². The molecular weight excluding hydrogens is 196 g/mol. The molecule has 0 spiro atoms. The first-order valence-electron chi connectivity index (χ1n) is 7.04. The van der Waals surface area contributed by atoms with E-state index in [0.717, 1.165) is 12.1 Å². The summed E-state index contributed by atoms with van der Waals surface area (Å²) in [4.78, 5) is 2.69. The molecule has 2 heteroatoms. The molecule has 2 rings (SSSR count). The number of likely N-dealkylation sites (tertiary alicyclic amines) is 1. The van der Waals surface area contributed by atoms with Crippen LogP contribution in [0.2, 0.25) is 0 Å². The zero-order valence-electron chi connectivity index (χ0n) is 11.3. The molecule has 2 unspecified atom stereocenters. The minimum absolute atomic E-state index is 0.550. The lowest BCUT2D eigenvalue weighted by Crippen LogP contribution is -2.41. The predicted molar refractivity (Wildman–Crippen MR) is 69.7 cm³/mol. The second-order valence-corrected chi connectivity index (χ2v) is 6.62. The van der Waals surface area contributed by atoms with Crippen molar-refractivity contribution in [1.82, 2.24) is 10.2 Å². The molecule has 1 N–H and O–H groups in total. The van der Waals surface area contributed by atoms with E-state index in [1.165, 1.54) is 51.7 Å². The molecule has 2 saturated heterocycles. The van der Waals surface area contributed by atoms with Gasteiger partial charge in [-0.2, -0.15) is 0 Å². The van der Waals surface area contributed by atoms with Gasteiger partial charge in [-0.1, -0.05) is 20.3 Å². The largest absolute Gasteiger partial charge is 0.314 e. The number of nitrogens with one attached hydrogen (secondary N) is 1. The first-order valence-corrected chi connectivity index (χ1v) is 7.04. The monoisotopic (exact) mass is 224 g/mol. The SMILES string of the molecule is CC(CC1CCCCN1)N1CCC(C)(C)C1. The minimum Gasteiger partial charge on any atom is -0.314 e.